The molecule has 1 aliphatic rings. The summed E-state index contributed by atoms with van der Waals surface area (Å²) < 4.78 is 132. The van der Waals surface area contributed by atoms with E-state index >= 15 is 0 Å². The van der Waals surface area contributed by atoms with Crippen LogP contribution in [0.15, 0.2) is 27.8 Å². The van der Waals surface area contributed by atoms with Gasteiger partial charge < -0.3 is 9.47 Å². The minimum absolute atomic E-state index is 0.284. The Morgan fingerprint density at radius 2 is 1.31 bits per heavy atom. The normalized spacial score (nSPS) is 15.1. The molecule has 1 aliphatic heterocycles. The minimum Gasteiger partial charge on any atom is -0.382 e. The number of benzene rings is 1. The van der Waals surface area contributed by atoms with Crippen molar-refractivity contribution in [2.75, 3.05) is 27.4 Å². The molecule has 0 spiro atoms. The quantitative estimate of drug-likeness (QED) is 0.160. The summed E-state index contributed by atoms with van der Waals surface area (Å²) in [5, 5.41) is 0. The van der Waals surface area contributed by atoms with E-state index in [0.29, 0.717) is 18.6 Å². The number of nitrogens with zero attached hydrogens (tertiary/aromatic N) is 1. The Morgan fingerprint density at radius 1 is 0.917 bits per heavy atom. The predicted molar refractivity (Wildman–Crippen MR) is 116 cm³/mol. The molecule has 2 rings (SSSR count). The minimum atomic E-state index is -5.84. The van der Waals surface area contributed by atoms with Crippen molar-refractivity contribution in [3.05, 3.63) is 29.8 Å². The summed E-state index contributed by atoms with van der Waals surface area (Å²) in [6, 6.07) is 8.56. The molecule has 18 heteroatoms. The second-order valence-corrected chi connectivity index (χ2v) is 11.6. The predicted octanol–water partition coefficient (Wildman–Crippen LogP) is 4.43. The van der Waals surface area contributed by atoms with E-state index in [4.69, 9.17) is 29.4 Å². The van der Waals surface area contributed by atoms with Gasteiger partial charge in [-0.15, -0.1) is 0 Å². The van der Waals surface area contributed by atoms with Gasteiger partial charge in [-0.1, -0.05) is 0 Å². The largest absolute Gasteiger partial charge is 0.522 e. The molecule has 9 nitrogen and oxygen atoms in total. The van der Waals surface area contributed by atoms with Crippen LogP contribution in [0.2, 0.25) is 0 Å². The maximum absolute atomic E-state index is 10.7. The molecule has 0 radical (unpaired) electrons. The number of methoxy groups -OCH3 is 2. The second-order valence-electron chi connectivity index (χ2n) is 7.26. The molecule has 0 saturated heterocycles. The molecule has 0 unspecified atom stereocenters. The first-order valence-electron chi connectivity index (χ1n) is 9.43. The van der Waals surface area contributed by atoms with Gasteiger partial charge in [-0.3, -0.25) is 9.11 Å². The molecule has 0 aromatic heterocycles. The summed E-state index contributed by atoms with van der Waals surface area (Å²) in [6.07, 6.45) is 2.42. The SMILES string of the molecule is CC1(C)[CH]=[Mo]=[N]c2ccccc2CC1.COCCOC.O=S(=O)(O)C(F)(F)F.O=S(=O)(O)C(F)(F)F. The van der Waals surface area contributed by atoms with Crippen molar-refractivity contribution in [1.29, 1.82) is 0 Å². The molecule has 0 saturated carbocycles. The van der Waals surface area contributed by atoms with Crippen molar-refractivity contribution >= 4 is 30.3 Å². The zero-order valence-corrected chi connectivity index (χ0v) is 23.1. The van der Waals surface area contributed by atoms with E-state index in [2.05, 4.69) is 52.0 Å². The molecule has 0 atom stereocenters. The van der Waals surface area contributed by atoms with Crippen molar-refractivity contribution in [2.45, 2.75) is 37.7 Å². The van der Waals surface area contributed by atoms with Gasteiger partial charge in [0.05, 0.1) is 13.2 Å². The van der Waals surface area contributed by atoms with Crippen LogP contribution in [0.5, 0.6) is 0 Å². The van der Waals surface area contributed by atoms with Crippen molar-refractivity contribution in [3.63, 3.8) is 0 Å². The zero-order chi connectivity index (χ0) is 28.8. The molecule has 1 heterocycles. The number of alkyl halides is 6. The third-order valence-electron chi connectivity index (χ3n) is 3.63. The van der Waals surface area contributed by atoms with Gasteiger partial charge in [-0.2, -0.15) is 43.2 Å². The van der Waals surface area contributed by atoms with E-state index in [1.165, 1.54) is 17.7 Å². The summed E-state index contributed by atoms with van der Waals surface area (Å²) in [6.45, 7) is 6.02. The average Bonchev–Trinajstić information content (AvgIpc) is 2.69. The Balaban J connectivity index is 0. The van der Waals surface area contributed by atoms with Crippen LogP contribution in [0.3, 0.4) is 0 Å². The summed E-state index contributed by atoms with van der Waals surface area (Å²) in [5.74, 6) is 0. The van der Waals surface area contributed by atoms with Gasteiger partial charge in [0, 0.05) is 14.2 Å². The van der Waals surface area contributed by atoms with E-state index in [1.807, 2.05) is 0 Å². The molecule has 0 amide bonds. The van der Waals surface area contributed by atoms with E-state index in [-0.39, 0.29) is 17.9 Å². The number of hydrogen-bond acceptors (Lipinski definition) is 7. The Morgan fingerprint density at radius 3 is 1.67 bits per heavy atom. The van der Waals surface area contributed by atoms with Crippen molar-refractivity contribution < 1.29 is 79.7 Å². The van der Waals surface area contributed by atoms with Crippen LogP contribution >= 0.6 is 0 Å². The number of aryl methyl sites for hydroxylation is 1. The molecule has 1 aromatic carbocycles. The maximum Gasteiger partial charge on any atom is 0.522 e. The van der Waals surface area contributed by atoms with E-state index in [9.17, 15) is 26.3 Å². The molecule has 2 N–H and O–H groups in total. The molecule has 0 fully saturated rings. The van der Waals surface area contributed by atoms with Gasteiger partial charge in [0.2, 0.25) is 0 Å². The molecule has 0 bridgehead atoms. The first-order chi connectivity index (χ1) is 16.1. The Labute approximate surface area is 213 Å². The Kier molecular flexibility index (Phi) is 16.5. The molecule has 212 valence electrons. The second kappa shape index (κ2) is 16.0. The number of hydrogen-bond donors (Lipinski definition) is 2. The monoisotopic (exact) mass is 661 g/mol. The van der Waals surface area contributed by atoms with Crippen molar-refractivity contribution in [1.82, 2.24) is 0 Å². The Hall–Kier alpha value is -1.10. The van der Waals surface area contributed by atoms with Crippen LogP contribution in [0.4, 0.5) is 32.0 Å². The molecular weight excluding hydrogens is 632 g/mol. The average molecular weight is 659 g/mol. The first kappa shape index (κ1) is 37.1. The van der Waals surface area contributed by atoms with Crippen LogP contribution in [-0.2, 0) is 54.1 Å². The standard InChI is InChI=1S/C12H15N.C4H10O2.2CHF3O3S.Mo/c1-12(2,3)9-8-10-6-4-5-7-11(10)13;1-5-3-4-6-2;2*2-1(3,4)8(5,6)7;/h1,4-7H,8-9H2,2-3H3;3-4H2,1-2H3;2*(H,5,6,7);. The third kappa shape index (κ3) is 17.4. The number of rotatable bonds is 3. The maximum atomic E-state index is 10.7. The van der Waals surface area contributed by atoms with Crippen LogP contribution in [0, 0.1) is 5.41 Å². The summed E-state index contributed by atoms with van der Waals surface area (Å²) >= 11 is -0.284. The summed E-state index contributed by atoms with van der Waals surface area (Å²) in [5.41, 5.74) is -8.01. The fourth-order valence-electron chi connectivity index (χ4n) is 1.72. The van der Waals surface area contributed by atoms with Crippen molar-refractivity contribution in [3.8, 4) is 0 Å². The van der Waals surface area contributed by atoms with Gasteiger partial charge >= 0.3 is 125 Å². The third-order valence-corrected chi connectivity index (χ3v) is 7.37. The molecule has 0 aliphatic carbocycles. The first-order valence-corrected chi connectivity index (χ1v) is 14.4. The molecule has 36 heavy (non-hydrogen) atoms. The number of ether oxygens (including phenoxy) is 2. The van der Waals surface area contributed by atoms with Crippen molar-refractivity contribution in [2.24, 2.45) is 8.91 Å². The fraction of sp³-hybridized carbons (Fsp3) is 0.611. The van der Waals surface area contributed by atoms with E-state index < -0.39 is 31.3 Å². The summed E-state index contributed by atoms with van der Waals surface area (Å²) in [7, 11) is -8.38. The topological polar surface area (TPSA) is 140 Å². The van der Waals surface area contributed by atoms with Crippen LogP contribution in [0.25, 0.3) is 0 Å². The van der Waals surface area contributed by atoms with Crippen LogP contribution in [-0.4, -0.2) is 68.8 Å². The number of fused-ring (bicyclic) bond motifs is 1. The zero-order valence-electron chi connectivity index (χ0n) is 19.5. The van der Waals surface area contributed by atoms with Gasteiger partial charge in [-0.05, 0) is 0 Å². The van der Waals surface area contributed by atoms with Gasteiger partial charge in [0.1, 0.15) is 0 Å². The Bertz CT molecular complexity index is 1020. The summed E-state index contributed by atoms with van der Waals surface area (Å²) in [4.78, 5) is 0. The smallest absolute Gasteiger partial charge is 0.382 e. The van der Waals surface area contributed by atoms with Gasteiger partial charge in [0.15, 0.2) is 0 Å². The van der Waals surface area contributed by atoms with E-state index in [0.717, 1.165) is 6.42 Å². The van der Waals surface area contributed by atoms with E-state index in [1.54, 1.807) is 14.2 Å². The number of halogens is 6. The van der Waals surface area contributed by atoms with Crippen LogP contribution in [0.1, 0.15) is 25.8 Å². The fourth-order valence-corrected chi connectivity index (χ4v) is 3.56. The molecule has 1 aromatic rings. The molecular formula is C18H27F6MoNO8S2. The van der Waals surface area contributed by atoms with Gasteiger partial charge in [0.25, 0.3) is 0 Å². The van der Waals surface area contributed by atoms with Crippen LogP contribution < -0.4 is 0 Å². The van der Waals surface area contributed by atoms with Gasteiger partial charge in [-0.25, -0.2) is 0 Å².